The average molecular weight is 401 g/mol. The third kappa shape index (κ3) is 4.87. The van der Waals surface area contributed by atoms with Crippen molar-refractivity contribution >= 4 is 30.5 Å². The van der Waals surface area contributed by atoms with Crippen LogP contribution in [0.15, 0.2) is 21.9 Å². The third-order valence-electron chi connectivity index (χ3n) is 4.58. The van der Waals surface area contributed by atoms with E-state index >= 15 is 0 Å². The van der Waals surface area contributed by atoms with Crippen LogP contribution in [-0.4, -0.2) is 24.7 Å². The van der Waals surface area contributed by atoms with Crippen LogP contribution in [0, 0.1) is 0 Å². The van der Waals surface area contributed by atoms with E-state index in [1.54, 1.807) is 6.20 Å². The van der Waals surface area contributed by atoms with Gasteiger partial charge in [0.05, 0.1) is 12.3 Å². The average Bonchev–Trinajstić information content (AvgIpc) is 2.45. The number of hydrogen-bond donors (Lipinski definition) is 1. The molecule has 0 bridgehead atoms. The first-order valence-electron chi connectivity index (χ1n) is 8.18. The molecule has 0 fully saturated rings. The Labute approximate surface area is 149 Å². The van der Waals surface area contributed by atoms with Gasteiger partial charge < -0.3 is 9.63 Å². The van der Waals surface area contributed by atoms with Crippen LogP contribution in [0.2, 0.25) is 16.6 Å². The molecule has 0 aromatic carbocycles. The minimum atomic E-state index is -1.91. The van der Waals surface area contributed by atoms with Crippen molar-refractivity contribution in [3.8, 4) is 0 Å². The summed E-state index contributed by atoms with van der Waals surface area (Å²) in [6.45, 7) is 14.3. The predicted molar refractivity (Wildman–Crippen MR) is 102 cm³/mol. The fourth-order valence-electron chi connectivity index (χ4n) is 3.65. The number of oxime groups is 1. The van der Waals surface area contributed by atoms with Gasteiger partial charge in [-0.05, 0) is 44.2 Å². The summed E-state index contributed by atoms with van der Waals surface area (Å²) in [5.74, 6) is 0. The van der Waals surface area contributed by atoms with Crippen LogP contribution < -0.4 is 0 Å². The van der Waals surface area contributed by atoms with Gasteiger partial charge in [0.25, 0.3) is 0 Å². The quantitative estimate of drug-likeness (QED) is 0.269. The van der Waals surface area contributed by atoms with Gasteiger partial charge in [-0.25, -0.2) is 0 Å². The van der Waals surface area contributed by atoms with Crippen LogP contribution in [0.4, 0.5) is 0 Å². The lowest BCUT2D eigenvalue weighted by molar-refractivity contribution is 0.264. The molecule has 23 heavy (non-hydrogen) atoms. The normalized spacial score (nSPS) is 13.0. The summed E-state index contributed by atoms with van der Waals surface area (Å²) >= 11 is 3.48. The van der Waals surface area contributed by atoms with Crippen LogP contribution >= 0.6 is 15.9 Å². The van der Waals surface area contributed by atoms with E-state index in [0.29, 0.717) is 29.7 Å². The summed E-state index contributed by atoms with van der Waals surface area (Å²) in [6.07, 6.45) is 3.72. The predicted octanol–water partition coefficient (Wildman–Crippen LogP) is 5.54. The highest BCUT2D eigenvalue weighted by atomic mass is 79.9. The topological polar surface area (TPSA) is 54.7 Å². The second kappa shape index (κ2) is 8.94. The highest BCUT2D eigenvalue weighted by molar-refractivity contribution is 9.10. The van der Waals surface area contributed by atoms with Gasteiger partial charge in [-0.1, -0.05) is 41.5 Å². The van der Waals surface area contributed by atoms with Crippen molar-refractivity contribution in [3.63, 3.8) is 0 Å². The number of rotatable bonds is 8. The second-order valence-electron chi connectivity index (χ2n) is 6.87. The van der Waals surface area contributed by atoms with Crippen LogP contribution in [-0.2, 0) is 17.5 Å². The number of aromatic nitrogens is 1. The Hall–Kier alpha value is -0.723. The Kier molecular flexibility index (Phi) is 7.90. The molecule has 0 saturated heterocycles. The lowest BCUT2D eigenvalue weighted by atomic mass is 10.1. The zero-order valence-corrected chi connectivity index (χ0v) is 17.6. The first-order valence-corrected chi connectivity index (χ1v) is 11.1. The molecule has 1 aromatic rings. The smallest absolute Gasteiger partial charge is 0.200 e. The molecule has 0 unspecified atom stereocenters. The van der Waals surface area contributed by atoms with Crippen LogP contribution in [0.1, 0.15) is 52.8 Å². The molecular weight excluding hydrogens is 372 g/mol. The van der Waals surface area contributed by atoms with Gasteiger partial charge in [0, 0.05) is 23.3 Å². The fourth-order valence-corrected chi connectivity index (χ4v) is 9.43. The largest absolute Gasteiger partial charge is 0.412 e. The van der Waals surface area contributed by atoms with Crippen molar-refractivity contribution in [2.75, 3.05) is 0 Å². The van der Waals surface area contributed by atoms with Gasteiger partial charge >= 0.3 is 0 Å². The maximum atomic E-state index is 8.66. The molecule has 0 aliphatic rings. The number of pyridine rings is 1. The summed E-state index contributed by atoms with van der Waals surface area (Å²) in [5, 5.41) is 11.7. The summed E-state index contributed by atoms with van der Waals surface area (Å²) < 4.78 is 7.58. The Balaban J connectivity index is 3.08. The Morgan fingerprint density at radius 1 is 1.22 bits per heavy atom. The van der Waals surface area contributed by atoms with Gasteiger partial charge in [-0.3, -0.25) is 4.98 Å². The Morgan fingerprint density at radius 2 is 1.78 bits per heavy atom. The molecule has 0 spiro atoms. The van der Waals surface area contributed by atoms with E-state index in [9.17, 15) is 0 Å². The molecule has 0 radical (unpaired) electrons. The fraction of sp³-hybridized carbons (Fsp3) is 0.647. The third-order valence-corrected chi connectivity index (χ3v) is 11.1. The Bertz CT molecular complexity index is 512. The SMILES string of the molecule is CC(C)[Si](OCc1cc(Br)cnc1C/C=N/O)(C(C)C)C(C)C. The maximum Gasteiger partial charge on any atom is 0.200 e. The van der Waals surface area contributed by atoms with Crippen molar-refractivity contribution < 1.29 is 9.63 Å². The molecule has 0 atom stereocenters. The molecule has 1 aromatic heterocycles. The first-order chi connectivity index (χ1) is 10.8. The molecule has 0 aliphatic heterocycles. The van der Waals surface area contributed by atoms with E-state index in [4.69, 9.17) is 9.63 Å². The minimum absolute atomic E-state index is 0.502. The molecule has 6 heteroatoms. The highest BCUT2D eigenvalue weighted by Gasteiger charge is 2.45. The van der Waals surface area contributed by atoms with Gasteiger partial charge in [-0.2, -0.15) is 0 Å². The molecule has 1 heterocycles. The lowest BCUT2D eigenvalue weighted by Crippen LogP contribution is -2.47. The van der Waals surface area contributed by atoms with Gasteiger partial charge in [0.15, 0.2) is 0 Å². The second-order valence-corrected chi connectivity index (χ2v) is 13.2. The zero-order chi connectivity index (χ0) is 17.6. The lowest BCUT2D eigenvalue weighted by Gasteiger charge is -2.42. The van der Waals surface area contributed by atoms with Crippen LogP contribution in [0.5, 0.6) is 0 Å². The van der Waals surface area contributed by atoms with Crippen molar-refractivity contribution in [2.24, 2.45) is 5.16 Å². The van der Waals surface area contributed by atoms with Gasteiger partial charge in [-0.15, -0.1) is 5.16 Å². The number of nitrogens with zero attached hydrogens (tertiary/aromatic N) is 2. The van der Waals surface area contributed by atoms with Crippen molar-refractivity contribution in [1.29, 1.82) is 0 Å². The van der Waals surface area contributed by atoms with Gasteiger partial charge in [0.1, 0.15) is 0 Å². The van der Waals surface area contributed by atoms with E-state index < -0.39 is 8.32 Å². The summed E-state index contributed by atoms with van der Waals surface area (Å²) in [4.78, 5) is 4.44. The molecule has 0 aliphatic carbocycles. The molecule has 1 N–H and O–H groups in total. The van der Waals surface area contributed by atoms with E-state index in [-0.39, 0.29) is 0 Å². The first kappa shape index (κ1) is 20.3. The maximum absolute atomic E-state index is 8.66. The molecule has 4 nitrogen and oxygen atoms in total. The monoisotopic (exact) mass is 400 g/mol. The number of hydrogen-bond acceptors (Lipinski definition) is 4. The minimum Gasteiger partial charge on any atom is -0.412 e. The number of halogens is 1. The van der Waals surface area contributed by atoms with Gasteiger partial charge in [0.2, 0.25) is 8.32 Å². The van der Waals surface area contributed by atoms with Crippen LogP contribution in [0.3, 0.4) is 0 Å². The Morgan fingerprint density at radius 3 is 2.26 bits per heavy atom. The molecule has 1 rings (SSSR count). The molecular formula is C17H29BrN2O2Si. The standard InChI is InChI=1S/C17H29BrN2O2Si/c1-12(2)23(13(3)4,14(5)6)22-11-15-9-16(18)10-19-17(15)7-8-20-21/h8-10,12-14,21H,7,11H2,1-6H3/b20-8+. The molecule has 130 valence electrons. The van der Waals surface area contributed by atoms with Crippen molar-refractivity contribution in [2.45, 2.75) is 71.2 Å². The van der Waals surface area contributed by atoms with Crippen molar-refractivity contribution in [1.82, 2.24) is 4.98 Å². The van der Waals surface area contributed by atoms with E-state index in [1.165, 1.54) is 6.21 Å². The summed E-state index contributed by atoms with van der Waals surface area (Å²) in [6, 6.07) is 2.05. The zero-order valence-electron chi connectivity index (χ0n) is 15.0. The molecule has 0 saturated carbocycles. The molecule has 0 amide bonds. The summed E-state index contributed by atoms with van der Waals surface area (Å²) in [7, 11) is -1.91. The van der Waals surface area contributed by atoms with E-state index in [2.05, 4.69) is 67.6 Å². The van der Waals surface area contributed by atoms with E-state index in [0.717, 1.165) is 15.7 Å². The highest BCUT2D eigenvalue weighted by Crippen LogP contribution is 2.42. The summed E-state index contributed by atoms with van der Waals surface area (Å²) in [5.41, 5.74) is 3.59. The van der Waals surface area contributed by atoms with Crippen molar-refractivity contribution in [3.05, 3.63) is 28.0 Å². The van der Waals surface area contributed by atoms with E-state index in [1.807, 2.05) is 6.07 Å². The van der Waals surface area contributed by atoms with Crippen LogP contribution in [0.25, 0.3) is 0 Å².